The van der Waals surface area contributed by atoms with Crippen LogP contribution in [0.1, 0.15) is 35.4 Å². The second-order valence-electron chi connectivity index (χ2n) is 12.1. The smallest absolute Gasteiger partial charge is 0.243 e. The second kappa shape index (κ2) is 12.0. The molecule has 4 heterocycles. The molecule has 0 aliphatic carbocycles. The maximum atomic E-state index is 14.0. The molecule has 10 heteroatoms. The van der Waals surface area contributed by atoms with Crippen molar-refractivity contribution in [3.05, 3.63) is 102 Å². The van der Waals surface area contributed by atoms with Gasteiger partial charge < -0.3 is 15.5 Å². The number of amides is 2. The molecule has 0 spiro atoms. The van der Waals surface area contributed by atoms with Crippen molar-refractivity contribution >= 4 is 22.8 Å². The number of nitrogens with zero attached hydrogens (tertiary/aromatic N) is 5. The highest BCUT2D eigenvalue weighted by Gasteiger charge is 2.43. The highest BCUT2D eigenvalue weighted by Crippen LogP contribution is 2.32. The van der Waals surface area contributed by atoms with Crippen LogP contribution in [0.25, 0.3) is 22.2 Å². The molecule has 2 fully saturated rings. The number of benzene rings is 3. The molecule has 224 valence electrons. The first kappa shape index (κ1) is 28.0. The summed E-state index contributed by atoms with van der Waals surface area (Å²) >= 11 is 0. The number of hydrogen-bond donors (Lipinski definition) is 3. The molecule has 0 saturated carbocycles. The lowest BCUT2D eigenvalue weighted by Gasteiger charge is -2.27. The number of rotatable bonds is 8. The van der Waals surface area contributed by atoms with Crippen LogP contribution in [0, 0.1) is 5.92 Å². The molecule has 0 radical (unpaired) electrons. The molecule has 10 nitrogen and oxygen atoms in total. The topological polar surface area (TPSA) is 121 Å². The molecule has 0 unspecified atom stereocenters. The summed E-state index contributed by atoms with van der Waals surface area (Å²) in [5, 5.41) is 21.7. The molecule has 3 N–H and O–H groups in total. The van der Waals surface area contributed by atoms with Gasteiger partial charge in [0.15, 0.2) is 0 Å². The van der Waals surface area contributed by atoms with E-state index in [-0.39, 0.29) is 29.7 Å². The highest BCUT2D eigenvalue weighted by atomic mass is 16.2. The van der Waals surface area contributed by atoms with Gasteiger partial charge in [-0.2, -0.15) is 5.10 Å². The van der Waals surface area contributed by atoms with E-state index in [4.69, 9.17) is 0 Å². The minimum atomic E-state index is -0.518. The first-order valence-electron chi connectivity index (χ1n) is 15.2. The number of aromatic amines is 1. The van der Waals surface area contributed by atoms with Crippen LogP contribution in [-0.2, 0) is 29.6 Å². The molecule has 2 aliphatic rings. The molecular weight excluding hydrogens is 552 g/mol. The molecule has 7 rings (SSSR count). The maximum Gasteiger partial charge on any atom is 0.243 e. The van der Waals surface area contributed by atoms with Crippen molar-refractivity contribution in [1.29, 1.82) is 0 Å². The van der Waals surface area contributed by atoms with E-state index in [1.807, 2.05) is 60.7 Å². The first-order chi connectivity index (χ1) is 21.5. The van der Waals surface area contributed by atoms with E-state index in [2.05, 4.69) is 67.5 Å². The number of likely N-dealkylation sites (tertiary alicyclic amines) is 1. The summed E-state index contributed by atoms with van der Waals surface area (Å²) in [5.74, 6) is 0.354. The summed E-state index contributed by atoms with van der Waals surface area (Å²) in [6.45, 7) is 1.67. The molecule has 5 aromatic rings. The fourth-order valence-electron chi connectivity index (χ4n) is 6.74. The Morgan fingerprint density at radius 1 is 0.977 bits per heavy atom. The van der Waals surface area contributed by atoms with Crippen molar-refractivity contribution in [3.8, 4) is 11.1 Å². The zero-order valence-electron chi connectivity index (χ0n) is 24.7. The van der Waals surface area contributed by atoms with Crippen molar-refractivity contribution in [3.63, 3.8) is 0 Å². The van der Waals surface area contributed by atoms with Crippen LogP contribution in [0.2, 0.25) is 0 Å². The molecule has 2 aliphatic heterocycles. The van der Waals surface area contributed by atoms with Crippen LogP contribution in [0.5, 0.6) is 0 Å². The summed E-state index contributed by atoms with van der Waals surface area (Å²) in [6.07, 6.45) is 5.84. The summed E-state index contributed by atoms with van der Waals surface area (Å²) in [6, 6.07) is 23.9. The van der Waals surface area contributed by atoms with Gasteiger partial charge in [0.05, 0.1) is 17.8 Å². The van der Waals surface area contributed by atoms with E-state index >= 15 is 0 Å². The third kappa shape index (κ3) is 5.72. The molecule has 3 aromatic carbocycles. The van der Waals surface area contributed by atoms with Gasteiger partial charge in [-0.05, 0) is 65.5 Å². The third-order valence-corrected chi connectivity index (χ3v) is 9.13. The zero-order chi connectivity index (χ0) is 30.0. The summed E-state index contributed by atoms with van der Waals surface area (Å²) in [7, 11) is 1.86. The third-order valence-electron chi connectivity index (χ3n) is 9.13. The van der Waals surface area contributed by atoms with E-state index in [1.54, 1.807) is 4.68 Å². The van der Waals surface area contributed by atoms with E-state index in [1.165, 1.54) is 11.1 Å². The summed E-state index contributed by atoms with van der Waals surface area (Å²) in [4.78, 5) is 29.5. The number of nitrogens with one attached hydrogen (secondary N) is 3. The molecule has 0 bridgehead atoms. The van der Waals surface area contributed by atoms with E-state index in [0.29, 0.717) is 19.5 Å². The summed E-state index contributed by atoms with van der Waals surface area (Å²) < 4.78 is 1.73. The van der Waals surface area contributed by atoms with E-state index in [0.717, 1.165) is 47.1 Å². The Hall–Kier alpha value is -4.83. The van der Waals surface area contributed by atoms with Crippen molar-refractivity contribution < 1.29 is 9.59 Å². The average molecular weight is 589 g/mol. The fraction of sp³-hybridized carbons (Fsp3) is 0.324. The lowest BCUT2D eigenvalue weighted by Crippen LogP contribution is -2.51. The van der Waals surface area contributed by atoms with Gasteiger partial charge in [-0.3, -0.25) is 14.7 Å². The van der Waals surface area contributed by atoms with Gasteiger partial charge in [0.25, 0.3) is 0 Å². The number of carbonyl (C=O) groups is 2. The highest BCUT2D eigenvalue weighted by molar-refractivity contribution is 5.91. The van der Waals surface area contributed by atoms with Gasteiger partial charge in [0.2, 0.25) is 11.8 Å². The van der Waals surface area contributed by atoms with Gasteiger partial charge in [-0.15, -0.1) is 5.10 Å². The Morgan fingerprint density at radius 3 is 2.59 bits per heavy atom. The lowest BCUT2D eigenvalue weighted by molar-refractivity contribution is -0.139. The van der Waals surface area contributed by atoms with Gasteiger partial charge in [0, 0.05) is 38.4 Å². The van der Waals surface area contributed by atoms with Crippen molar-refractivity contribution in [2.45, 2.75) is 43.8 Å². The van der Waals surface area contributed by atoms with Crippen LogP contribution < -0.4 is 10.6 Å². The Kier molecular flexibility index (Phi) is 7.66. The number of carbonyl (C=O) groups excluding carboxylic acids is 2. The lowest BCUT2D eigenvalue weighted by atomic mass is 9.95. The van der Waals surface area contributed by atoms with E-state index < -0.39 is 6.04 Å². The van der Waals surface area contributed by atoms with Crippen molar-refractivity contribution in [2.75, 3.05) is 13.1 Å². The van der Waals surface area contributed by atoms with Gasteiger partial charge in [-0.1, -0.05) is 65.9 Å². The number of H-pyrrole nitrogens is 1. The molecular formula is C34H36N8O2. The van der Waals surface area contributed by atoms with Crippen molar-refractivity contribution in [1.82, 2.24) is 40.7 Å². The minimum absolute atomic E-state index is 0.0161. The Morgan fingerprint density at radius 2 is 1.80 bits per heavy atom. The Bertz CT molecular complexity index is 1750. The monoisotopic (exact) mass is 588 g/mol. The summed E-state index contributed by atoms with van der Waals surface area (Å²) in [5.41, 5.74) is 7.24. The predicted molar refractivity (Wildman–Crippen MR) is 167 cm³/mol. The largest absolute Gasteiger partial charge is 0.350 e. The minimum Gasteiger partial charge on any atom is -0.350 e. The Balaban J connectivity index is 1.06. The molecule has 2 amide bonds. The number of fused-ring (bicyclic) bond motifs is 1. The van der Waals surface area contributed by atoms with Gasteiger partial charge in [0.1, 0.15) is 11.6 Å². The fourth-order valence-corrected chi connectivity index (χ4v) is 6.74. The molecule has 2 aromatic heterocycles. The maximum absolute atomic E-state index is 14.0. The van der Waals surface area contributed by atoms with Crippen LogP contribution in [-0.4, -0.2) is 67.1 Å². The Labute approximate surface area is 255 Å². The standard InChI is InChI=1S/C34H36N8O2/c1-41-31-12-9-23(14-29(31)39-40-41)17-36-33(43)32-15-24(13-22-7-10-26(11-8-22)28-19-37-38-20-28)21-42(32)34(44)30-16-27(18-35-30)25-5-3-2-4-6-25/h2-12,14,19-20,24,27,30,32,35H,13,15-18,21H2,1H3,(H,36,43)(H,37,38)/t24-,27-,30-,32+/m1/s1. The SMILES string of the molecule is Cn1nnc2cc(CNC(=O)[C@@H]3C[C@@H](Cc4ccc(-c5cn[nH]c5)cc4)CN3C(=O)[C@H]3C[C@@H](c4ccccc4)CN3)ccc21. The van der Waals surface area contributed by atoms with Crippen LogP contribution >= 0.6 is 0 Å². The zero-order valence-corrected chi connectivity index (χ0v) is 24.7. The van der Waals surface area contributed by atoms with Crippen LogP contribution in [0.15, 0.2) is 85.2 Å². The number of aromatic nitrogens is 5. The normalized spacial score (nSPS) is 21.6. The van der Waals surface area contributed by atoms with Crippen molar-refractivity contribution in [2.24, 2.45) is 13.0 Å². The molecule has 2 saturated heterocycles. The number of hydrogen-bond acceptors (Lipinski definition) is 6. The van der Waals surface area contributed by atoms with Crippen LogP contribution in [0.4, 0.5) is 0 Å². The quantitative estimate of drug-likeness (QED) is 0.255. The average Bonchev–Trinajstić information content (AvgIpc) is 3.88. The molecule has 4 atom stereocenters. The van der Waals surface area contributed by atoms with Gasteiger partial charge in [-0.25, -0.2) is 4.68 Å². The second-order valence-corrected chi connectivity index (χ2v) is 12.1. The van der Waals surface area contributed by atoms with Gasteiger partial charge >= 0.3 is 0 Å². The molecule has 44 heavy (non-hydrogen) atoms. The van der Waals surface area contributed by atoms with Crippen LogP contribution in [0.3, 0.4) is 0 Å². The van der Waals surface area contributed by atoms with E-state index in [9.17, 15) is 9.59 Å². The predicted octanol–water partition coefficient (Wildman–Crippen LogP) is 3.58. The first-order valence-corrected chi connectivity index (χ1v) is 15.2. The number of aryl methyl sites for hydroxylation is 1.